The lowest BCUT2D eigenvalue weighted by atomic mass is 10.3. The molecule has 0 aliphatic carbocycles. The van der Waals surface area contributed by atoms with Gasteiger partial charge in [0.15, 0.2) is 0 Å². The molecule has 0 aromatic heterocycles. The molecule has 0 heterocycles. The molecule has 0 saturated carbocycles. The molecule has 0 amide bonds. The summed E-state index contributed by atoms with van der Waals surface area (Å²) >= 11 is 0. The fourth-order valence-electron chi connectivity index (χ4n) is 0.801. The molecule has 0 atom stereocenters. The van der Waals surface area contributed by atoms with Crippen LogP contribution in [0, 0.1) is 0 Å². The van der Waals surface area contributed by atoms with Crippen molar-refractivity contribution in [3.8, 4) is 5.75 Å². The Kier molecular flexibility index (Phi) is 3.49. The number of allylic oxidation sites excluding steroid dienone is 1. The number of carbonyl (C=O) groups excluding carboxylic acids is 1. The first kappa shape index (κ1) is 11.3. The zero-order chi connectivity index (χ0) is 11.3. The highest BCUT2D eigenvalue weighted by Crippen LogP contribution is 2.16. The van der Waals surface area contributed by atoms with Gasteiger partial charge < -0.3 is 4.74 Å². The van der Waals surface area contributed by atoms with Crippen LogP contribution in [0.2, 0.25) is 0 Å². The van der Waals surface area contributed by atoms with Crippen molar-refractivity contribution in [1.82, 2.24) is 0 Å². The summed E-state index contributed by atoms with van der Waals surface area (Å²) in [5.74, 6) is -0.854. The summed E-state index contributed by atoms with van der Waals surface area (Å²) in [6, 6.07) is 7.85. The van der Waals surface area contributed by atoms with Gasteiger partial charge in [-0.15, -0.1) is 0 Å². The highest BCUT2D eigenvalue weighted by atomic mass is 19.4. The average Bonchev–Trinajstić information content (AvgIpc) is 2.15. The Balaban J connectivity index is 2.55. The maximum absolute atomic E-state index is 11.7. The first-order chi connectivity index (χ1) is 6.97. The fraction of sp³-hybridized carbons (Fsp3) is 0.100. The lowest BCUT2D eigenvalue weighted by Gasteiger charge is -2.00. The van der Waals surface area contributed by atoms with Crippen LogP contribution in [-0.4, -0.2) is 12.1 Å². The highest BCUT2D eigenvalue weighted by Gasteiger charge is 2.22. The van der Waals surface area contributed by atoms with E-state index in [1.807, 2.05) is 0 Å². The normalized spacial score (nSPS) is 11.7. The van der Waals surface area contributed by atoms with Crippen molar-refractivity contribution in [3.05, 3.63) is 42.5 Å². The second-order valence-corrected chi connectivity index (χ2v) is 2.61. The van der Waals surface area contributed by atoms with E-state index >= 15 is 0 Å². The van der Waals surface area contributed by atoms with Crippen LogP contribution in [0.25, 0.3) is 0 Å². The van der Waals surface area contributed by atoms with Gasteiger partial charge in [0.1, 0.15) is 5.75 Å². The maximum atomic E-state index is 11.7. The molecule has 1 aromatic rings. The second-order valence-electron chi connectivity index (χ2n) is 2.61. The molecule has 1 aromatic carbocycles. The smallest absolute Gasteiger partial charge is 0.410 e. The molecule has 15 heavy (non-hydrogen) atoms. The Labute approximate surface area is 84.0 Å². The van der Waals surface area contributed by atoms with Gasteiger partial charge in [0.25, 0.3) is 0 Å². The number of hydrogen-bond acceptors (Lipinski definition) is 2. The van der Waals surface area contributed by atoms with E-state index in [0.29, 0.717) is 6.08 Å². The van der Waals surface area contributed by atoms with Gasteiger partial charge in [-0.05, 0) is 12.1 Å². The number of ether oxygens (including phenoxy) is 1. The number of hydrogen-bond donors (Lipinski definition) is 0. The van der Waals surface area contributed by atoms with Crippen LogP contribution in [0.15, 0.2) is 42.5 Å². The van der Waals surface area contributed by atoms with Gasteiger partial charge in [-0.25, -0.2) is 4.79 Å². The van der Waals surface area contributed by atoms with Crippen LogP contribution in [0.1, 0.15) is 0 Å². The summed E-state index contributed by atoms with van der Waals surface area (Å²) in [6.07, 6.45) is -4.33. The van der Waals surface area contributed by atoms with Crippen molar-refractivity contribution in [2.45, 2.75) is 6.18 Å². The van der Waals surface area contributed by atoms with Crippen molar-refractivity contribution in [3.63, 3.8) is 0 Å². The predicted octanol–water partition coefficient (Wildman–Crippen LogP) is 2.71. The predicted molar refractivity (Wildman–Crippen MR) is 47.3 cm³/mol. The van der Waals surface area contributed by atoms with E-state index in [1.165, 1.54) is 12.1 Å². The number of alkyl halides is 3. The van der Waals surface area contributed by atoms with Crippen molar-refractivity contribution in [1.29, 1.82) is 0 Å². The molecule has 5 heteroatoms. The SMILES string of the molecule is O=C(C=CC(F)(F)F)Oc1ccccc1. The monoisotopic (exact) mass is 216 g/mol. The lowest BCUT2D eigenvalue weighted by molar-refractivity contribution is -0.129. The minimum atomic E-state index is -4.50. The Morgan fingerprint density at radius 1 is 1.20 bits per heavy atom. The molecule has 0 unspecified atom stereocenters. The summed E-state index contributed by atoms with van der Waals surface area (Å²) in [7, 11) is 0. The molecular weight excluding hydrogens is 209 g/mol. The lowest BCUT2D eigenvalue weighted by Crippen LogP contribution is -2.07. The minimum absolute atomic E-state index is 0.168. The molecule has 0 saturated heterocycles. The highest BCUT2D eigenvalue weighted by molar-refractivity contribution is 5.84. The van der Waals surface area contributed by atoms with E-state index in [2.05, 4.69) is 4.74 Å². The maximum Gasteiger partial charge on any atom is 0.410 e. The molecule has 0 radical (unpaired) electrons. The van der Waals surface area contributed by atoms with E-state index in [9.17, 15) is 18.0 Å². The topological polar surface area (TPSA) is 26.3 Å². The largest absolute Gasteiger partial charge is 0.423 e. The van der Waals surface area contributed by atoms with Crippen LogP contribution in [0.4, 0.5) is 13.2 Å². The third-order valence-electron chi connectivity index (χ3n) is 1.37. The third-order valence-corrected chi connectivity index (χ3v) is 1.37. The van der Waals surface area contributed by atoms with E-state index < -0.39 is 12.1 Å². The van der Waals surface area contributed by atoms with E-state index in [1.54, 1.807) is 18.2 Å². The number of rotatable bonds is 2. The summed E-state index contributed by atoms with van der Waals surface area (Å²) in [5.41, 5.74) is 0. The van der Waals surface area contributed by atoms with Crippen LogP contribution < -0.4 is 4.74 Å². The second kappa shape index (κ2) is 4.63. The third kappa shape index (κ3) is 4.85. The number of esters is 1. The minimum Gasteiger partial charge on any atom is -0.423 e. The van der Waals surface area contributed by atoms with Crippen molar-refractivity contribution in [2.75, 3.05) is 0 Å². The Bertz CT molecular complexity index is 355. The Hall–Kier alpha value is -1.78. The van der Waals surface area contributed by atoms with Crippen molar-refractivity contribution < 1.29 is 22.7 Å². The fourth-order valence-corrected chi connectivity index (χ4v) is 0.801. The van der Waals surface area contributed by atoms with Gasteiger partial charge in [0.2, 0.25) is 0 Å². The molecule has 0 aliphatic heterocycles. The standard InChI is InChI=1S/C10H7F3O2/c11-10(12,13)7-6-9(14)15-8-4-2-1-3-5-8/h1-7H. The molecule has 1 rings (SSSR count). The van der Waals surface area contributed by atoms with Crippen LogP contribution in [0.3, 0.4) is 0 Å². The van der Waals surface area contributed by atoms with Crippen LogP contribution >= 0.6 is 0 Å². The molecule has 0 spiro atoms. The van der Waals surface area contributed by atoms with Gasteiger partial charge in [-0.1, -0.05) is 18.2 Å². The quantitative estimate of drug-likeness (QED) is 0.431. The Morgan fingerprint density at radius 3 is 2.33 bits per heavy atom. The summed E-state index contributed by atoms with van der Waals surface area (Å²) < 4.78 is 39.6. The molecule has 0 N–H and O–H groups in total. The van der Waals surface area contributed by atoms with E-state index in [-0.39, 0.29) is 11.8 Å². The van der Waals surface area contributed by atoms with Crippen molar-refractivity contribution in [2.24, 2.45) is 0 Å². The first-order valence-corrected chi connectivity index (χ1v) is 4.00. The molecule has 0 aliphatic rings. The molecule has 80 valence electrons. The summed E-state index contributed by atoms with van der Waals surface area (Å²) in [4.78, 5) is 10.9. The molecule has 2 nitrogen and oxygen atoms in total. The van der Waals surface area contributed by atoms with E-state index in [4.69, 9.17) is 0 Å². The van der Waals surface area contributed by atoms with Gasteiger partial charge in [0.05, 0.1) is 0 Å². The van der Waals surface area contributed by atoms with Gasteiger partial charge >= 0.3 is 12.1 Å². The zero-order valence-electron chi connectivity index (χ0n) is 7.49. The molecular formula is C10H7F3O2. The summed E-state index contributed by atoms with van der Waals surface area (Å²) in [5, 5.41) is 0. The van der Waals surface area contributed by atoms with Crippen molar-refractivity contribution >= 4 is 5.97 Å². The molecule has 0 fully saturated rings. The van der Waals surface area contributed by atoms with Gasteiger partial charge in [0, 0.05) is 12.2 Å². The van der Waals surface area contributed by atoms with Crippen LogP contribution in [0.5, 0.6) is 5.75 Å². The number of para-hydroxylation sites is 1. The van der Waals surface area contributed by atoms with Crippen LogP contribution in [-0.2, 0) is 4.79 Å². The zero-order valence-corrected chi connectivity index (χ0v) is 7.49. The molecule has 0 bridgehead atoms. The average molecular weight is 216 g/mol. The number of halogens is 3. The number of carbonyl (C=O) groups is 1. The van der Waals surface area contributed by atoms with Gasteiger partial charge in [-0.3, -0.25) is 0 Å². The summed E-state index contributed by atoms with van der Waals surface area (Å²) in [6.45, 7) is 0. The van der Waals surface area contributed by atoms with Gasteiger partial charge in [-0.2, -0.15) is 13.2 Å². The van der Waals surface area contributed by atoms with E-state index in [0.717, 1.165) is 0 Å². The first-order valence-electron chi connectivity index (χ1n) is 4.00. The Morgan fingerprint density at radius 2 is 1.80 bits per heavy atom. The number of benzene rings is 1.